The van der Waals surface area contributed by atoms with Crippen LogP contribution in [0, 0.1) is 0 Å². The fraction of sp³-hybridized carbons (Fsp3) is 0.333. The average Bonchev–Trinajstić information content (AvgIpc) is 2.97. The Labute approximate surface area is 120 Å². The molecule has 3 nitrogen and oxygen atoms in total. The van der Waals surface area contributed by atoms with Crippen LogP contribution in [0.1, 0.15) is 30.8 Å². The molecule has 21 heavy (non-hydrogen) atoms. The quantitative estimate of drug-likeness (QED) is 0.902. The fourth-order valence-corrected chi connectivity index (χ4v) is 1.89. The topological polar surface area (TPSA) is 48.4 Å². The van der Waals surface area contributed by atoms with Gasteiger partial charge in [-0.1, -0.05) is 6.92 Å². The zero-order valence-electron chi connectivity index (χ0n) is 11.4. The third-order valence-electron chi connectivity index (χ3n) is 3.13. The van der Waals surface area contributed by atoms with Crippen molar-refractivity contribution >= 4 is 0 Å². The molecule has 2 unspecified atom stereocenters. The molecule has 0 fully saturated rings. The van der Waals surface area contributed by atoms with Gasteiger partial charge in [-0.05, 0) is 42.8 Å². The number of hydrogen-bond acceptors (Lipinski definition) is 3. The summed E-state index contributed by atoms with van der Waals surface area (Å²) in [6.45, 7) is 1.90. The minimum Gasteiger partial charge on any atom is -0.481 e. The molecule has 0 saturated heterocycles. The van der Waals surface area contributed by atoms with Gasteiger partial charge in [-0.25, -0.2) is 0 Å². The molecule has 1 aromatic carbocycles. The Hall–Kier alpha value is -1.95. The number of halogens is 3. The van der Waals surface area contributed by atoms with Crippen LogP contribution < -0.4 is 10.5 Å². The summed E-state index contributed by atoms with van der Waals surface area (Å²) in [7, 11) is 0. The van der Waals surface area contributed by atoms with E-state index in [0.717, 1.165) is 12.1 Å². The zero-order chi connectivity index (χ0) is 15.5. The molecule has 1 aromatic heterocycles. The van der Waals surface area contributed by atoms with Gasteiger partial charge in [0.2, 0.25) is 0 Å². The Morgan fingerprint density at radius 1 is 1.19 bits per heavy atom. The van der Waals surface area contributed by atoms with Gasteiger partial charge in [0, 0.05) is 6.04 Å². The van der Waals surface area contributed by atoms with Crippen molar-refractivity contribution in [1.82, 2.24) is 0 Å². The number of hydrogen-bond donors (Lipinski definition) is 1. The predicted octanol–water partition coefficient (Wildman–Crippen LogP) is 4.16. The minimum atomic E-state index is -4.36. The van der Waals surface area contributed by atoms with E-state index in [2.05, 4.69) is 0 Å². The van der Waals surface area contributed by atoms with Gasteiger partial charge in [-0.3, -0.25) is 0 Å². The van der Waals surface area contributed by atoms with E-state index in [4.69, 9.17) is 14.9 Å². The molecule has 0 spiro atoms. The molecule has 2 rings (SSSR count). The molecular formula is C15H16F3NO2. The summed E-state index contributed by atoms with van der Waals surface area (Å²) in [5.41, 5.74) is 5.27. The van der Waals surface area contributed by atoms with Gasteiger partial charge in [0.25, 0.3) is 0 Å². The van der Waals surface area contributed by atoms with Gasteiger partial charge >= 0.3 is 6.18 Å². The Balaban J connectivity index is 2.17. The molecule has 2 atom stereocenters. The van der Waals surface area contributed by atoms with E-state index < -0.39 is 17.8 Å². The number of nitrogens with two attached hydrogens (primary N) is 1. The SMILES string of the molecule is CCC(N)C(Oc1ccc(C(F)(F)F)cc1)c1ccco1. The van der Waals surface area contributed by atoms with Gasteiger partial charge in [-0.15, -0.1) is 0 Å². The van der Waals surface area contributed by atoms with Crippen LogP contribution in [-0.4, -0.2) is 6.04 Å². The van der Waals surface area contributed by atoms with Crippen LogP contribution in [0.2, 0.25) is 0 Å². The molecule has 2 N–H and O–H groups in total. The average molecular weight is 299 g/mol. The van der Waals surface area contributed by atoms with Gasteiger partial charge in [0.1, 0.15) is 11.5 Å². The van der Waals surface area contributed by atoms with Crippen LogP contribution in [0.25, 0.3) is 0 Å². The lowest BCUT2D eigenvalue weighted by atomic mass is 10.1. The molecule has 114 valence electrons. The molecular weight excluding hydrogens is 283 g/mol. The molecule has 2 aromatic rings. The lowest BCUT2D eigenvalue weighted by molar-refractivity contribution is -0.137. The van der Waals surface area contributed by atoms with Gasteiger partial charge in [-0.2, -0.15) is 13.2 Å². The van der Waals surface area contributed by atoms with Crippen molar-refractivity contribution in [1.29, 1.82) is 0 Å². The maximum absolute atomic E-state index is 12.5. The highest BCUT2D eigenvalue weighted by atomic mass is 19.4. The van der Waals surface area contributed by atoms with E-state index in [-0.39, 0.29) is 6.04 Å². The monoisotopic (exact) mass is 299 g/mol. The first-order valence-corrected chi connectivity index (χ1v) is 6.54. The van der Waals surface area contributed by atoms with Crippen molar-refractivity contribution in [3.05, 3.63) is 54.0 Å². The molecule has 1 heterocycles. The molecule has 0 bridgehead atoms. The maximum Gasteiger partial charge on any atom is 0.416 e. The summed E-state index contributed by atoms with van der Waals surface area (Å²) in [6, 6.07) is 7.63. The number of rotatable bonds is 5. The summed E-state index contributed by atoms with van der Waals surface area (Å²) in [5.74, 6) is 0.859. The first-order valence-electron chi connectivity index (χ1n) is 6.54. The van der Waals surface area contributed by atoms with E-state index in [1.165, 1.54) is 18.4 Å². The Morgan fingerprint density at radius 2 is 1.86 bits per heavy atom. The third kappa shape index (κ3) is 3.78. The highest BCUT2D eigenvalue weighted by Crippen LogP contribution is 2.32. The molecule has 6 heteroatoms. The van der Waals surface area contributed by atoms with E-state index >= 15 is 0 Å². The standard InChI is InChI=1S/C15H16F3NO2/c1-2-12(19)14(13-4-3-9-20-13)21-11-7-5-10(6-8-11)15(16,17)18/h3-9,12,14H,2,19H2,1H3. The van der Waals surface area contributed by atoms with Gasteiger partial charge in [0.15, 0.2) is 6.10 Å². The summed E-state index contributed by atoms with van der Waals surface area (Å²) in [4.78, 5) is 0. The molecule has 0 amide bonds. The van der Waals surface area contributed by atoms with Crippen molar-refractivity contribution in [2.45, 2.75) is 31.7 Å². The van der Waals surface area contributed by atoms with E-state index in [9.17, 15) is 13.2 Å². The molecule has 0 aliphatic heterocycles. The predicted molar refractivity (Wildman–Crippen MR) is 71.8 cm³/mol. The van der Waals surface area contributed by atoms with Gasteiger partial charge in [0.05, 0.1) is 11.8 Å². The fourth-order valence-electron chi connectivity index (χ4n) is 1.89. The van der Waals surface area contributed by atoms with Crippen molar-refractivity contribution in [2.75, 3.05) is 0 Å². The van der Waals surface area contributed by atoms with Crippen molar-refractivity contribution in [3.8, 4) is 5.75 Å². The van der Waals surface area contributed by atoms with Gasteiger partial charge < -0.3 is 14.9 Å². The second-order valence-electron chi connectivity index (χ2n) is 4.65. The van der Waals surface area contributed by atoms with Crippen LogP contribution >= 0.6 is 0 Å². The Morgan fingerprint density at radius 3 is 2.33 bits per heavy atom. The van der Waals surface area contributed by atoms with Crippen LogP contribution in [0.5, 0.6) is 5.75 Å². The van der Waals surface area contributed by atoms with Crippen LogP contribution in [0.3, 0.4) is 0 Å². The van der Waals surface area contributed by atoms with Crippen molar-refractivity contribution in [2.24, 2.45) is 5.73 Å². The Kier molecular flexibility index (Phi) is 4.57. The van der Waals surface area contributed by atoms with Crippen molar-refractivity contribution in [3.63, 3.8) is 0 Å². The summed E-state index contributed by atoms with van der Waals surface area (Å²) < 4.78 is 48.5. The van der Waals surface area contributed by atoms with Crippen LogP contribution in [0.15, 0.2) is 47.1 Å². The van der Waals surface area contributed by atoms with E-state index in [1.807, 2.05) is 6.92 Å². The van der Waals surface area contributed by atoms with Crippen molar-refractivity contribution < 1.29 is 22.3 Å². The molecule has 0 saturated carbocycles. The zero-order valence-corrected chi connectivity index (χ0v) is 11.4. The summed E-state index contributed by atoms with van der Waals surface area (Å²) in [6.07, 6.45) is -2.76. The minimum absolute atomic E-state index is 0.313. The normalized spacial score (nSPS) is 14.7. The number of benzene rings is 1. The number of ether oxygens (including phenoxy) is 1. The molecule has 0 radical (unpaired) electrons. The largest absolute Gasteiger partial charge is 0.481 e. The second kappa shape index (κ2) is 6.22. The van der Waals surface area contributed by atoms with E-state index in [0.29, 0.717) is 17.9 Å². The third-order valence-corrected chi connectivity index (χ3v) is 3.13. The van der Waals surface area contributed by atoms with Crippen LogP contribution in [0.4, 0.5) is 13.2 Å². The highest BCUT2D eigenvalue weighted by molar-refractivity contribution is 5.29. The lowest BCUT2D eigenvalue weighted by Gasteiger charge is -2.22. The van der Waals surface area contributed by atoms with Crippen LogP contribution in [-0.2, 0) is 6.18 Å². The first-order chi connectivity index (χ1) is 9.91. The first kappa shape index (κ1) is 15.4. The number of furan rings is 1. The summed E-state index contributed by atoms with van der Waals surface area (Å²) in [5, 5.41) is 0. The lowest BCUT2D eigenvalue weighted by Crippen LogP contribution is -2.31. The maximum atomic E-state index is 12.5. The smallest absolute Gasteiger partial charge is 0.416 e. The van der Waals surface area contributed by atoms with E-state index in [1.54, 1.807) is 12.1 Å². The second-order valence-corrected chi connectivity index (χ2v) is 4.65. The highest BCUT2D eigenvalue weighted by Gasteiger charge is 2.30. The summed E-state index contributed by atoms with van der Waals surface area (Å²) >= 11 is 0. The number of alkyl halides is 3. The Bertz CT molecular complexity index is 549. The molecule has 0 aliphatic rings. The molecule has 0 aliphatic carbocycles.